The molecule has 0 aromatic carbocycles. The predicted octanol–water partition coefficient (Wildman–Crippen LogP) is 3.77. The molecule has 0 heterocycles. The van der Waals surface area contributed by atoms with E-state index in [-0.39, 0.29) is 25.8 Å². The summed E-state index contributed by atoms with van der Waals surface area (Å²) in [4.78, 5) is 23.0. The quantitative estimate of drug-likeness (QED) is 0.173. The van der Waals surface area contributed by atoms with E-state index in [1.165, 1.54) is 44.9 Å². The Morgan fingerprint density at radius 1 is 0.867 bits per heavy atom. The standard InChI is InChI=1S/C23H45NO6/c1-5-6-7-8-9-10-11-12-13-14-15-22(26)30-19-20(25)18-29-17-16-21(23(27)28)24(2,3)4/h20-21,25H,5-19H2,1-4H3/p+1. The highest BCUT2D eigenvalue weighted by Gasteiger charge is 2.30. The van der Waals surface area contributed by atoms with Crippen LogP contribution in [0.4, 0.5) is 0 Å². The largest absolute Gasteiger partial charge is 0.477 e. The van der Waals surface area contributed by atoms with Crippen molar-refractivity contribution in [1.82, 2.24) is 0 Å². The number of carbonyl (C=O) groups is 2. The molecule has 30 heavy (non-hydrogen) atoms. The molecule has 0 saturated heterocycles. The van der Waals surface area contributed by atoms with Gasteiger partial charge >= 0.3 is 11.9 Å². The number of quaternary nitrogens is 1. The van der Waals surface area contributed by atoms with Gasteiger partial charge < -0.3 is 24.2 Å². The number of aliphatic hydroxyl groups is 1. The van der Waals surface area contributed by atoms with Crippen molar-refractivity contribution in [2.75, 3.05) is 41.0 Å². The lowest BCUT2D eigenvalue weighted by atomic mass is 10.1. The van der Waals surface area contributed by atoms with Crippen molar-refractivity contribution in [3.8, 4) is 0 Å². The van der Waals surface area contributed by atoms with Crippen molar-refractivity contribution in [1.29, 1.82) is 0 Å². The summed E-state index contributed by atoms with van der Waals surface area (Å²) in [5, 5.41) is 19.1. The highest BCUT2D eigenvalue weighted by atomic mass is 16.5. The van der Waals surface area contributed by atoms with Gasteiger partial charge in [-0.05, 0) is 6.42 Å². The monoisotopic (exact) mass is 432 g/mol. The van der Waals surface area contributed by atoms with Crippen molar-refractivity contribution < 1.29 is 33.8 Å². The molecular weight excluding hydrogens is 386 g/mol. The summed E-state index contributed by atoms with van der Waals surface area (Å²) in [6.07, 6.45) is 12.0. The van der Waals surface area contributed by atoms with Crippen LogP contribution in [0.25, 0.3) is 0 Å². The number of ether oxygens (including phenoxy) is 2. The summed E-state index contributed by atoms with van der Waals surface area (Å²) in [5.41, 5.74) is 0. The highest BCUT2D eigenvalue weighted by Crippen LogP contribution is 2.12. The van der Waals surface area contributed by atoms with Gasteiger partial charge in [0.1, 0.15) is 12.7 Å². The van der Waals surface area contributed by atoms with E-state index in [1.54, 1.807) is 0 Å². The Morgan fingerprint density at radius 2 is 1.40 bits per heavy atom. The SMILES string of the molecule is CCCCCCCCCCCCC(=O)OCC(O)COCCC(C(=O)O)[N+](C)(C)C. The van der Waals surface area contributed by atoms with Crippen molar-refractivity contribution in [3.05, 3.63) is 0 Å². The first-order chi connectivity index (χ1) is 14.2. The Balaban J connectivity index is 3.62. The van der Waals surface area contributed by atoms with Gasteiger partial charge in [-0.15, -0.1) is 0 Å². The molecule has 178 valence electrons. The van der Waals surface area contributed by atoms with Crippen LogP contribution < -0.4 is 0 Å². The van der Waals surface area contributed by atoms with E-state index in [2.05, 4.69) is 6.92 Å². The van der Waals surface area contributed by atoms with Crippen LogP contribution in [0.2, 0.25) is 0 Å². The van der Waals surface area contributed by atoms with Crippen LogP contribution in [0.5, 0.6) is 0 Å². The number of carboxylic acids is 1. The van der Waals surface area contributed by atoms with Gasteiger partial charge in [-0.2, -0.15) is 0 Å². The molecule has 0 aliphatic heterocycles. The second kappa shape index (κ2) is 17.5. The van der Waals surface area contributed by atoms with Gasteiger partial charge in [0.05, 0.1) is 34.4 Å². The minimum Gasteiger partial charge on any atom is -0.477 e. The number of carboxylic acid groups (broad SMARTS) is 1. The van der Waals surface area contributed by atoms with Gasteiger partial charge in [0, 0.05) is 12.8 Å². The van der Waals surface area contributed by atoms with E-state index in [9.17, 15) is 19.8 Å². The number of rotatable bonds is 20. The zero-order valence-electron chi connectivity index (χ0n) is 19.7. The molecule has 0 aromatic rings. The van der Waals surface area contributed by atoms with Crippen LogP contribution in [-0.2, 0) is 19.1 Å². The molecule has 0 amide bonds. The first-order valence-electron chi connectivity index (χ1n) is 11.6. The summed E-state index contributed by atoms with van der Waals surface area (Å²) in [7, 11) is 5.46. The Kier molecular flexibility index (Phi) is 16.8. The Bertz CT molecular complexity index is 449. The van der Waals surface area contributed by atoms with E-state index < -0.39 is 18.1 Å². The fourth-order valence-corrected chi connectivity index (χ4v) is 3.32. The molecule has 7 nitrogen and oxygen atoms in total. The first kappa shape index (κ1) is 28.8. The molecule has 2 atom stereocenters. The average molecular weight is 433 g/mol. The molecule has 0 saturated carbocycles. The number of aliphatic carboxylic acids is 1. The minimum atomic E-state index is -0.894. The maximum absolute atomic E-state index is 11.7. The number of nitrogens with zero attached hydrogens (tertiary/aromatic N) is 1. The second-order valence-electron chi connectivity index (χ2n) is 9.10. The van der Waals surface area contributed by atoms with Gasteiger partial charge in [0.15, 0.2) is 6.04 Å². The molecule has 0 aliphatic carbocycles. The number of esters is 1. The third-order valence-corrected chi connectivity index (χ3v) is 5.24. The zero-order chi connectivity index (χ0) is 22.8. The zero-order valence-corrected chi connectivity index (χ0v) is 19.7. The number of aliphatic hydroxyl groups excluding tert-OH is 1. The fourth-order valence-electron chi connectivity index (χ4n) is 3.32. The predicted molar refractivity (Wildman–Crippen MR) is 118 cm³/mol. The normalized spacial score (nSPS) is 13.8. The van der Waals surface area contributed by atoms with Crippen LogP contribution in [0.3, 0.4) is 0 Å². The molecule has 0 aliphatic rings. The van der Waals surface area contributed by atoms with Crippen LogP contribution in [0, 0.1) is 0 Å². The van der Waals surface area contributed by atoms with Crippen LogP contribution in [-0.4, -0.2) is 79.7 Å². The number of likely N-dealkylation sites (N-methyl/N-ethyl adjacent to an activating group) is 1. The van der Waals surface area contributed by atoms with E-state index in [0.717, 1.165) is 19.3 Å². The molecule has 0 fully saturated rings. The Hall–Kier alpha value is -1.18. The van der Waals surface area contributed by atoms with Crippen LogP contribution in [0.1, 0.15) is 84.0 Å². The fraction of sp³-hybridized carbons (Fsp3) is 0.913. The van der Waals surface area contributed by atoms with Crippen LogP contribution in [0.15, 0.2) is 0 Å². The minimum absolute atomic E-state index is 0.0228. The first-order valence-corrected chi connectivity index (χ1v) is 11.6. The number of carbonyl (C=O) groups excluding carboxylic acids is 1. The van der Waals surface area contributed by atoms with E-state index in [1.807, 2.05) is 21.1 Å². The second-order valence-corrected chi connectivity index (χ2v) is 9.10. The maximum atomic E-state index is 11.7. The molecule has 7 heteroatoms. The van der Waals surface area contributed by atoms with Crippen LogP contribution >= 0.6 is 0 Å². The van der Waals surface area contributed by atoms with Gasteiger partial charge in [0.25, 0.3) is 0 Å². The van der Waals surface area contributed by atoms with Gasteiger partial charge in [-0.3, -0.25) is 4.79 Å². The molecule has 0 radical (unpaired) electrons. The lowest BCUT2D eigenvalue weighted by Gasteiger charge is -2.31. The molecule has 0 aromatic heterocycles. The summed E-state index contributed by atoms with van der Waals surface area (Å²) in [6, 6.07) is -0.568. The van der Waals surface area contributed by atoms with E-state index >= 15 is 0 Å². The smallest absolute Gasteiger partial charge is 0.362 e. The molecule has 2 N–H and O–H groups in total. The Morgan fingerprint density at radius 3 is 1.90 bits per heavy atom. The maximum Gasteiger partial charge on any atom is 0.362 e. The van der Waals surface area contributed by atoms with E-state index in [4.69, 9.17) is 9.47 Å². The topological polar surface area (TPSA) is 93.1 Å². The Labute approximate surface area is 183 Å². The molecule has 0 spiro atoms. The molecule has 2 unspecified atom stereocenters. The van der Waals surface area contributed by atoms with E-state index in [0.29, 0.717) is 17.3 Å². The van der Waals surface area contributed by atoms with Crippen molar-refractivity contribution in [2.45, 2.75) is 96.1 Å². The van der Waals surface area contributed by atoms with Crippen molar-refractivity contribution in [3.63, 3.8) is 0 Å². The summed E-state index contributed by atoms with van der Waals surface area (Å²) < 4.78 is 10.8. The molecular formula is C23H46NO6+. The number of unbranched alkanes of at least 4 members (excludes halogenated alkanes) is 9. The molecule has 0 rings (SSSR count). The third-order valence-electron chi connectivity index (χ3n) is 5.24. The number of hydrogen-bond donors (Lipinski definition) is 2. The van der Waals surface area contributed by atoms with Gasteiger partial charge in [0.2, 0.25) is 0 Å². The van der Waals surface area contributed by atoms with Gasteiger partial charge in [-0.25, -0.2) is 4.79 Å². The lowest BCUT2D eigenvalue weighted by Crippen LogP contribution is -2.50. The summed E-state index contributed by atoms with van der Waals surface area (Å²) in [6.45, 7) is 2.39. The highest BCUT2D eigenvalue weighted by molar-refractivity contribution is 5.72. The summed E-state index contributed by atoms with van der Waals surface area (Å²) in [5.74, 6) is -1.16. The third kappa shape index (κ3) is 16.6. The number of hydrogen-bond acceptors (Lipinski definition) is 5. The van der Waals surface area contributed by atoms with Gasteiger partial charge in [-0.1, -0.05) is 64.7 Å². The average Bonchev–Trinajstić information content (AvgIpc) is 2.66. The molecule has 0 bridgehead atoms. The van der Waals surface area contributed by atoms with Crippen molar-refractivity contribution in [2.24, 2.45) is 0 Å². The van der Waals surface area contributed by atoms with Crippen molar-refractivity contribution >= 4 is 11.9 Å². The lowest BCUT2D eigenvalue weighted by molar-refractivity contribution is -0.887. The summed E-state index contributed by atoms with van der Waals surface area (Å²) >= 11 is 0.